The summed E-state index contributed by atoms with van der Waals surface area (Å²) in [5, 5.41) is 9.06. The van der Waals surface area contributed by atoms with Gasteiger partial charge in [-0.25, -0.2) is 0 Å². The predicted octanol–water partition coefficient (Wildman–Crippen LogP) is 1.86. The first-order valence-electron chi connectivity index (χ1n) is 5.11. The largest absolute Gasteiger partial charge is 0.396 e. The SMILES string of the molecule is CC(CO)c1ccc2c(c1)COCC2. The van der Waals surface area contributed by atoms with Gasteiger partial charge in [0.1, 0.15) is 0 Å². The van der Waals surface area contributed by atoms with Crippen molar-refractivity contribution >= 4 is 0 Å². The van der Waals surface area contributed by atoms with Gasteiger partial charge in [-0.1, -0.05) is 25.1 Å². The van der Waals surface area contributed by atoms with Gasteiger partial charge in [0.05, 0.1) is 13.2 Å². The fourth-order valence-corrected chi connectivity index (χ4v) is 1.80. The highest BCUT2D eigenvalue weighted by molar-refractivity contribution is 5.34. The number of hydrogen-bond acceptors (Lipinski definition) is 2. The minimum absolute atomic E-state index is 0.208. The summed E-state index contributed by atoms with van der Waals surface area (Å²) in [5.41, 5.74) is 3.89. The van der Waals surface area contributed by atoms with E-state index in [0.29, 0.717) is 0 Å². The Balaban J connectivity index is 2.29. The van der Waals surface area contributed by atoms with Crippen LogP contribution >= 0.6 is 0 Å². The molecule has 1 aromatic carbocycles. The molecule has 1 aliphatic rings. The van der Waals surface area contributed by atoms with E-state index >= 15 is 0 Å². The van der Waals surface area contributed by atoms with Crippen LogP contribution in [0.1, 0.15) is 29.5 Å². The quantitative estimate of drug-likeness (QED) is 0.775. The van der Waals surface area contributed by atoms with Crippen molar-refractivity contribution in [1.82, 2.24) is 0 Å². The second-order valence-electron chi connectivity index (χ2n) is 3.91. The molecule has 0 aromatic heterocycles. The number of aliphatic hydroxyl groups is 1. The lowest BCUT2D eigenvalue weighted by Crippen LogP contribution is -2.11. The number of fused-ring (bicyclic) bond motifs is 1. The molecule has 76 valence electrons. The maximum atomic E-state index is 9.06. The molecule has 0 saturated carbocycles. The first-order chi connectivity index (χ1) is 6.81. The Hall–Kier alpha value is -0.860. The molecular weight excluding hydrogens is 176 g/mol. The van der Waals surface area contributed by atoms with E-state index in [0.717, 1.165) is 19.6 Å². The predicted molar refractivity (Wildman–Crippen MR) is 55.3 cm³/mol. The van der Waals surface area contributed by atoms with Crippen molar-refractivity contribution in [3.05, 3.63) is 34.9 Å². The molecule has 2 rings (SSSR count). The van der Waals surface area contributed by atoms with E-state index in [1.54, 1.807) is 0 Å². The van der Waals surface area contributed by atoms with Crippen LogP contribution in [0.25, 0.3) is 0 Å². The molecule has 1 atom stereocenters. The molecule has 0 radical (unpaired) electrons. The van der Waals surface area contributed by atoms with Crippen LogP contribution in [-0.2, 0) is 17.8 Å². The first-order valence-corrected chi connectivity index (χ1v) is 5.11. The summed E-state index contributed by atoms with van der Waals surface area (Å²) in [7, 11) is 0. The van der Waals surface area contributed by atoms with E-state index in [1.165, 1.54) is 16.7 Å². The first kappa shape index (κ1) is 9.69. The van der Waals surface area contributed by atoms with Crippen molar-refractivity contribution in [2.75, 3.05) is 13.2 Å². The third-order valence-electron chi connectivity index (χ3n) is 2.85. The summed E-state index contributed by atoms with van der Waals surface area (Å²) in [6.45, 7) is 3.80. The topological polar surface area (TPSA) is 29.5 Å². The van der Waals surface area contributed by atoms with Crippen molar-refractivity contribution in [3.8, 4) is 0 Å². The fourth-order valence-electron chi connectivity index (χ4n) is 1.80. The number of ether oxygens (including phenoxy) is 1. The molecule has 0 saturated heterocycles. The summed E-state index contributed by atoms with van der Waals surface area (Å²) in [4.78, 5) is 0. The van der Waals surface area contributed by atoms with Crippen LogP contribution in [0.2, 0.25) is 0 Å². The van der Waals surface area contributed by atoms with Crippen LogP contribution in [0.5, 0.6) is 0 Å². The molecule has 0 fully saturated rings. The highest BCUT2D eigenvalue weighted by Crippen LogP contribution is 2.22. The monoisotopic (exact) mass is 192 g/mol. The summed E-state index contributed by atoms with van der Waals surface area (Å²) < 4.78 is 5.40. The van der Waals surface area contributed by atoms with Gasteiger partial charge in [0.25, 0.3) is 0 Å². The Kier molecular flexibility index (Phi) is 2.85. The minimum Gasteiger partial charge on any atom is -0.396 e. The van der Waals surface area contributed by atoms with E-state index < -0.39 is 0 Å². The van der Waals surface area contributed by atoms with Gasteiger partial charge in [0, 0.05) is 12.5 Å². The summed E-state index contributed by atoms with van der Waals surface area (Å²) in [5.74, 6) is 0.224. The van der Waals surface area contributed by atoms with Crippen molar-refractivity contribution in [1.29, 1.82) is 0 Å². The molecule has 1 unspecified atom stereocenters. The van der Waals surface area contributed by atoms with E-state index in [2.05, 4.69) is 18.2 Å². The summed E-state index contributed by atoms with van der Waals surface area (Å²) >= 11 is 0. The molecular formula is C12H16O2. The van der Waals surface area contributed by atoms with Crippen LogP contribution in [-0.4, -0.2) is 18.3 Å². The molecule has 14 heavy (non-hydrogen) atoms. The van der Waals surface area contributed by atoms with Gasteiger partial charge in [0.2, 0.25) is 0 Å². The van der Waals surface area contributed by atoms with Crippen LogP contribution in [0, 0.1) is 0 Å². The van der Waals surface area contributed by atoms with Gasteiger partial charge >= 0.3 is 0 Å². The zero-order valence-corrected chi connectivity index (χ0v) is 8.49. The number of aliphatic hydroxyl groups excluding tert-OH is 1. The Labute approximate surface area is 84.5 Å². The molecule has 1 aliphatic heterocycles. The lowest BCUT2D eigenvalue weighted by atomic mass is 9.95. The maximum Gasteiger partial charge on any atom is 0.0719 e. The third-order valence-corrected chi connectivity index (χ3v) is 2.85. The second kappa shape index (κ2) is 4.11. The molecule has 0 aliphatic carbocycles. The number of benzene rings is 1. The van der Waals surface area contributed by atoms with Gasteiger partial charge in [0.15, 0.2) is 0 Å². The molecule has 0 amide bonds. The highest BCUT2D eigenvalue weighted by atomic mass is 16.5. The van der Waals surface area contributed by atoms with E-state index in [4.69, 9.17) is 9.84 Å². The highest BCUT2D eigenvalue weighted by Gasteiger charge is 2.11. The molecule has 2 nitrogen and oxygen atoms in total. The minimum atomic E-state index is 0.208. The van der Waals surface area contributed by atoms with Gasteiger partial charge in [-0.05, 0) is 23.1 Å². The second-order valence-corrected chi connectivity index (χ2v) is 3.91. The molecule has 0 bridgehead atoms. The van der Waals surface area contributed by atoms with E-state index in [9.17, 15) is 0 Å². The van der Waals surface area contributed by atoms with Crippen molar-refractivity contribution in [2.45, 2.75) is 25.9 Å². The molecule has 2 heteroatoms. The Morgan fingerprint density at radius 2 is 2.29 bits per heavy atom. The van der Waals surface area contributed by atoms with Crippen LogP contribution < -0.4 is 0 Å². The zero-order valence-electron chi connectivity index (χ0n) is 8.49. The molecule has 0 spiro atoms. The standard InChI is InChI=1S/C12H16O2/c1-9(7-13)11-3-2-10-4-5-14-8-12(10)6-11/h2-3,6,9,13H,4-5,7-8H2,1H3. The van der Waals surface area contributed by atoms with Gasteiger partial charge < -0.3 is 9.84 Å². The molecule has 1 N–H and O–H groups in total. The van der Waals surface area contributed by atoms with E-state index in [1.807, 2.05) is 6.92 Å². The summed E-state index contributed by atoms with van der Waals surface area (Å²) in [6.07, 6.45) is 1.02. The lowest BCUT2D eigenvalue weighted by Gasteiger charge is -2.18. The Morgan fingerprint density at radius 1 is 1.43 bits per heavy atom. The van der Waals surface area contributed by atoms with Crippen LogP contribution in [0.15, 0.2) is 18.2 Å². The van der Waals surface area contributed by atoms with E-state index in [-0.39, 0.29) is 12.5 Å². The van der Waals surface area contributed by atoms with Gasteiger partial charge in [-0.2, -0.15) is 0 Å². The van der Waals surface area contributed by atoms with Gasteiger partial charge in [-0.3, -0.25) is 0 Å². The smallest absolute Gasteiger partial charge is 0.0719 e. The molecule has 1 aromatic rings. The average molecular weight is 192 g/mol. The zero-order chi connectivity index (χ0) is 9.97. The Morgan fingerprint density at radius 3 is 3.07 bits per heavy atom. The van der Waals surface area contributed by atoms with Gasteiger partial charge in [-0.15, -0.1) is 0 Å². The van der Waals surface area contributed by atoms with Crippen LogP contribution in [0.4, 0.5) is 0 Å². The fraction of sp³-hybridized carbons (Fsp3) is 0.500. The summed E-state index contributed by atoms with van der Waals surface area (Å²) in [6, 6.07) is 6.44. The molecule has 1 heterocycles. The number of hydrogen-bond donors (Lipinski definition) is 1. The van der Waals surface area contributed by atoms with Crippen LogP contribution in [0.3, 0.4) is 0 Å². The normalized spacial score (nSPS) is 17.6. The Bertz CT molecular complexity index is 320. The third kappa shape index (κ3) is 1.81. The maximum absolute atomic E-state index is 9.06. The lowest BCUT2D eigenvalue weighted by molar-refractivity contribution is 0.110. The average Bonchev–Trinajstić information content (AvgIpc) is 2.27. The van der Waals surface area contributed by atoms with Crippen molar-refractivity contribution in [3.63, 3.8) is 0 Å². The van der Waals surface area contributed by atoms with Crippen molar-refractivity contribution in [2.24, 2.45) is 0 Å². The number of rotatable bonds is 2. The van der Waals surface area contributed by atoms with Crippen molar-refractivity contribution < 1.29 is 9.84 Å².